The third-order valence-electron chi connectivity index (χ3n) is 16.9. The van der Waals surface area contributed by atoms with Crippen LogP contribution < -0.4 is 78.6 Å². The fourth-order valence-corrected chi connectivity index (χ4v) is 11.9. The highest BCUT2D eigenvalue weighted by Crippen LogP contribution is 2.39. The van der Waals surface area contributed by atoms with Gasteiger partial charge in [0.2, 0.25) is 0 Å². The van der Waals surface area contributed by atoms with Crippen LogP contribution in [0.3, 0.4) is 0 Å². The predicted molar refractivity (Wildman–Crippen MR) is 321 cm³/mol. The van der Waals surface area contributed by atoms with E-state index in [0.29, 0.717) is 0 Å². The number of aliphatic hydroxyl groups is 14. The smallest absolute Gasteiger partial charge is 0.187 e. The molecule has 35 atom stereocenters. The van der Waals surface area contributed by atoms with Crippen molar-refractivity contribution in [3.8, 4) is 0 Å². The van der Waals surface area contributed by atoms with E-state index in [-0.39, 0.29) is 0 Å². The van der Waals surface area contributed by atoms with Gasteiger partial charge >= 0.3 is 0 Å². The summed E-state index contributed by atoms with van der Waals surface area (Å²) in [5, 5.41) is 207. The van der Waals surface area contributed by atoms with Crippen molar-refractivity contribution in [1.82, 2.24) is 21.3 Å². The summed E-state index contributed by atoms with van der Waals surface area (Å²) >= 11 is 0. The lowest BCUT2D eigenvalue weighted by Crippen LogP contribution is -2.69. The molecule has 42 N–H and O–H groups in total. The first-order valence-electron chi connectivity index (χ1n) is 30.3. The van der Waals surface area contributed by atoms with Crippen molar-refractivity contribution >= 4 is 41.7 Å². The van der Waals surface area contributed by atoms with E-state index in [9.17, 15) is 71.5 Å². The van der Waals surface area contributed by atoms with Crippen molar-refractivity contribution in [3.63, 3.8) is 0 Å². The number of aliphatic imine (C=N–C) groups is 3. The van der Waals surface area contributed by atoms with Gasteiger partial charge in [-0.2, -0.15) is 0 Å². The second-order valence-electron chi connectivity index (χ2n) is 23.8. The van der Waals surface area contributed by atoms with Crippen molar-refractivity contribution in [3.05, 3.63) is 0 Å². The first-order chi connectivity index (χ1) is 46.1. The average Bonchev–Trinajstić information content (AvgIpc) is 0.780. The molecule has 0 spiro atoms. The molecule has 49 heteroatoms. The minimum atomic E-state index is -2.27. The van der Waals surface area contributed by atoms with Crippen LogP contribution in [-0.2, 0) is 66.3 Å². The maximum atomic E-state index is 11.9. The SMILES string of the molecule is N=C(N)NC[C@H]1O[C@@H]2O[C@H]3[C@H](O)[C@@H](O)[C@@H](O[C@H]4[C@H](O)[C@@H](O)[C@@H](O[C@H]5[C@H](O)[C@@H](O)[C@@H](O[C@H]6[C@H](O)[C@@H](O)[C@@H](O[C@H]7[C@H](O)[C@@H](O)[C@@H](O[C@H]8[C@H](O)[C@@H](O)[C@@H](O[C@H]1[C@H](O)[C@H]2O)O[C@@H]8CN=C(N)N)O[C@@H]7CNC(=N)N)O[C@@H]6CNC(=N)N)O[C@@H]5CN=C(N)N)O[C@@H]4CNC(=N)N)O[C@@H]3CN=C(N)N. The lowest BCUT2D eigenvalue weighted by Gasteiger charge is -2.50. The summed E-state index contributed by atoms with van der Waals surface area (Å²) in [4.78, 5) is 11.8. The highest BCUT2D eigenvalue weighted by molar-refractivity contribution is 5.77. The summed E-state index contributed by atoms with van der Waals surface area (Å²) in [7, 11) is 0. The molecule has 0 aromatic heterocycles. The number of hydrogen-bond donors (Lipinski definition) is 32. The topological polar surface area (TPSA) is 853 Å². The quantitative estimate of drug-likeness (QED) is 0.0567. The molecule has 49 nitrogen and oxygen atoms in total. The maximum Gasteiger partial charge on any atom is 0.187 e. The number of aliphatic hydroxyl groups excluding tert-OH is 14. The Morgan fingerprint density at radius 2 is 0.378 bits per heavy atom. The van der Waals surface area contributed by atoms with Crippen molar-refractivity contribution in [2.45, 2.75) is 215 Å². The molecule has 21 fully saturated rings. The van der Waals surface area contributed by atoms with E-state index in [0.717, 1.165) is 0 Å². The Labute approximate surface area is 554 Å². The van der Waals surface area contributed by atoms with E-state index in [1.54, 1.807) is 0 Å². The third kappa shape index (κ3) is 18.3. The zero-order valence-electron chi connectivity index (χ0n) is 51.7. The summed E-state index contributed by atoms with van der Waals surface area (Å²) < 4.78 is 85.0. The van der Waals surface area contributed by atoms with Gasteiger partial charge in [0, 0.05) is 26.2 Å². The van der Waals surface area contributed by atoms with Gasteiger partial charge in [0.25, 0.3) is 0 Å². The Hall–Kier alpha value is -6.23. The highest BCUT2D eigenvalue weighted by atomic mass is 16.8. The molecule has 0 saturated carbocycles. The molecular formula is C49H91N21O28. The Balaban J connectivity index is 1.19. The number of nitrogens with one attached hydrogen (secondary N) is 8. The summed E-state index contributed by atoms with van der Waals surface area (Å²) in [5.74, 6) is -4.43. The van der Waals surface area contributed by atoms with Gasteiger partial charge in [-0.1, -0.05) is 0 Å². The Morgan fingerprint density at radius 1 is 0.235 bits per heavy atom. The van der Waals surface area contributed by atoms with Crippen LogP contribution in [0.1, 0.15) is 0 Å². The van der Waals surface area contributed by atoms with Gasteiger partial charge in [0.05, 0.1) is 19.6 Å². The molecule has 21 aliphatic rings. The number of nitrogens with zero attached hydrogens (tertiary/aromatic N) is 3. The van der Waals surface area contributed by atoms with Gasteiger partial charge in [-0.15, -0.1) is 0 Å². The summed E-state index contributed by atoms with van der Waals surface area (Å²) in [6.07, 6.45) is -71.1. The molecule has 21 saturated heterocycles. The summed E-state index contributed by atoms with van der Waals surface area (Å²) in [5.41, 5.74) is 56.6. The largest absolute Gasteiger partial charge is 0.387 e. The molecule has 0 amide bonds. The highest BCUT2D eigenvalue weighted by Gasteiger charge is 2.60. The van der Waals surface area contributed by atoms with Crippen molar-refractivity contribution < 1.29 is 138 Å². The minimum Gasteiger partial charge on any atom is -0.387 e. The molecule has 21 aliphatic heterocycles. The number of rotatable bonds is 14. The number of hydrogen-bond acceptors (Lipinski definition) is 35. The van der Waals surface area contributed by atoms with Gasteiger partial charge in [-0.05, 0) is 0 Å². The van der Waals surface area contributed by atoms with Crippen molar-refractivity contribution in [1.29, 1.82) is 21.6 Å². The molecular weight excluding hydrogens is 1330 g/mol. The minimum absolute atomic E-state index is 0.562. The van der Waals surface area contributed by atoms with Crippen LogP contribution in [0.25, 0.3) is 0 Å². The fourth-order valence-electron chi connectivity index (χ4n) is 11.9. The molecule has 0 aliphatic carbocycles. The molecule has 0 aromatic rings. The fraction of sp³-hybridized carbons (Fsp3) is 0.857. The van der Waals surface area contributed by atoms with Gasteiger partial charge in [0.15, 0.2) is 85.7 Å². The van der Waals surface area contributed by atoms with E-state index in [1.165, 1.54) is 0 Å². The monoisotopic (exact) mass is 1420 g/mol. The van der Waals surface area contributed by atoms with E-state index < -0.39 is 302 Å². The molecule has 21 heterocycles. The van der Waals surface area contributed by atoms with E-state index in [4.69, 9.17) is 145 Å². The average molecular weight is 1420 g/mol. The van der Waals surface area contributed by atoms with Gasteiger partial charge in [0.1, 0.15) is 171 Å². The van der Waals surface area contributed by atoms with Gasteiger partial charge < -0.3 is 216 Å². The second kappa shape index (κ2) is 33.5. The molecule has 14 bridgehead atoms. The van der Waals surface area contributed by atoms with Crippen molar-refractivity contribution in [2.75, 3.05) is 45.8 Å². The van der Waals surface area contributed by atoms with E-state index in [2.05, 4.69) is 36.2 Å². The lowest BCUT2D eigenvalue weighted by molar-refractivity contribution is -0.391. The van der Waals surface area contributed by atoms with Crippen LogP contribution in [0, 0.1) is 21.6 Å². The summed E-state index contributed by atoms with van der Waals surface area (Å²) in [6, 6.07) is 0. The number of guanidine groups is 7. The number of ether oxygens (including phenoxy) is 14. The molecule has 0 unspecified atom stereocenters. The Bertz CT molecular complexity index is 2710. The van der Waals surface area contributed by atoms with Gasteiger partial charge in [-0.3, -0.25) is 36.6 Å². The van der Waals surface area contributed by atoms with Crippen LogP contribution in [0.15, 0.2) is 15.0 Å². The van der Waals surface area contributed by atoms with Gasteiger partial charge in [-0.25, -0.2) is 0 Å². The standard InChI is InChI=1S/C49H91N21O28/c50-43(51)64-1-8-29-15(71)22(78)36(85-8)93-30-9(2-65-44(52)53)87-38(24(80)17(30)73)95-32-11(4-67-46(56)57)89-40(26(82)19(32)75)97-34-13(6-69-48(60)61)91-42(28(84)21(34)77)98-35-14(7-70-49(62)63)90-41(27(83)20(35)76)96-33-12(5-68-47(58)59)88-39(25(81)18(33)74)94-31-10(3-66-45(54)55)86-37(92-29)23(79)16(31)72/h8-42,71-84H,1-7H2,(H4,50,51,64)(H4,52,53,65)(H4,54,55,66)(H4,56,57,67)(H4,58,59,68)(H4,60,61,69)(H4,62,63,70)/t8-,9-,10-,11-,12-,13-,14-,15-,16-,17-,18-,19-,20-,21-,22-,23-,24-,25-,26-,27-,28-,29-,30-,31-,32-,33-,34-,35-,36-,37-,38-,39-,40-,41-,42-/m1/s1. The normalized spacial score (nSPS) is 45.4. The van der Waals surface area contributed by atoms with Crippen LogP contribution >= 0.6 is 0 Å². The zero-order valence-corrected chi connectivity index (χ0v) is 51.7. The first-order valence-corrected chi connectivity index (χ1v) is 30.3. The molecule has 21 rings (SSSR count). The Kier molecular flexibility index (Phi) is 26.5. The van der Waals surface area contributed by atoms with Crippen LogP contribution in [0.2, 0.25) is 0 Å². The molecule has 560 valence electrons. The van der Waals surface area contributed by atoms with E-state index >= 15 is 0 Å². The first kappa shape index (κ1) is 77.5. The number of nitrogens with two attached hydrogens (primary N) is 10. The summed E-state index contributed by atoms with van der Waals surface area (Å²) in [6.45, 7) is -4.38. The third-order valence-corrected chi connectivity index (χ3v) is 16.9. The molecule has 98 heavy (non-hydrogen) atoms. The molecule has 0 radical (unpaired) electrons. The van der Waals surface area contributed by atoms with Crippen LogP contribution in [0.4, 0.5) is 0 Å². The maximum absolute atomic E-state index is 11.9. The second-order valence-corrected chi connectivity index (χ2v) is 23.8. The lowest BCUT2D eigenvalue weighted by atomic mass is 9.94. The van der Waals surface area contributed by atoms with E-state index in [1.807, 2.05) is 0 Å². The van der Waals surface area contributed by atoms with Crippen molar-refractivity contribution in [2.24, 2.45) is 72.3 Å². The Morgan fingerprint density at radius 3 is 0.520 bits per heavy atom. The molecule has 0 aromatic carbocycles. The predicted octanol–water partition coefficient (Wildman–Crippen LogP) is -19.4. The zero-order chi connectivity index (χ0) is 72.0. The van der Waals surface area contributed by atoms with Crippen LogP contribution in [-0.4, -0.2) is 374 Å². The van der Waals surface area contributed by atoms with Crippen LogP contribution in [0.5, 0.6) is 0 Å².